The Balaban J connectivity index is 1.50. The molecule has 2 heterocycles. The summed E-state index contributed by atoms with van der Waals surface area (Å²) >= 11 is 0. The summed E-state index contributed by atoms with van der Waals surface area (Å²) in [6.07, 6.45) is 3.67. The van der Waals surface area contributed by atoms with E-state index in [0.717, 1.165) is 36.9 Å². The Morgan fingerprint density at radius 3 is 2.46 bits per heavy atom. The fourth-order valence-corrected chi connectivity index (χ4v) is 3.54. The molecule has 0 aromatic heterocycles. The largest absolute Gasteiger partial charge is 0.339 e. The first-order valence-corrected chi connectivity index (χ1v) is 8.99. The Kier molecular flexibility index (Phi) is 5.51. The fourth-order valence-electron chi connectivity index (χ4n) is 3.54. The molecule has 0 saturated carbocycles. The number of aryl methyl sites for hydroxylation is 1. The van der Waals surface area contributed by atoms with Crippen LogP contribution in [0.5, 0.6) is 0 Å². The summed E-state index contributed by atoms with van der Waals surface area (Å²) in [6, 6.07) is 8.00. The molecule has 1 N–H and O–H groups in total. The minimum atomic E-state index is -0.0204. The Bertz CT molecular complexity index is 588. The molecule has 0 spiro atoms. The first-order valence-electron chi connectivity index (χ1n) is 8.99. The first-order chi connectivity index (χ1) is 11.6. The number of amides is 2. The average molecular weight is 329 g/mol. The second-order valence-corrected chi connectivity index (χ2v) is 6.81. The predicted octanol–water partition coefficient (Wildman–Crippen LogP) is 1.35. The summed E-state index contributed by atoms with van der Waals surface area (Å²) < 4.78 is 0. The van der Waals surface area contributed by atoms with E-state index in [9.17, 15) is 9.59 Å². The van der Waals surface area contributed by atoms with Crippen LogP contribution in [0.4, 0.5) is 0 Å². The van der Waals surface area contributed by atoms with E-state index in [1.54, 1.807) is 0 Å². The van der Waals surface area contributed by atoms with Crippen LogP contribution in [-0.2, 0) is 16.0 Å². The van der Waals surface area contributed by atoms with Gasteiger partial charge in [0, 0.05) is 26.2 Å². The van der Waals surface area contributed by atoms with Gasteiger partial charge >= 0.3 is 0 Å². The van der Waals surface area contributed by atoms with Crippen molar-refractivity contribution < 1.29 is 9.59 Å². The highest BCUT2D eigenvalue weighted by Crippen LogP contribution is 2.14. The molecule has 1 unspecified atom stereocenters. The predicted molar refractivity (Wildman–Crippen MR) is 93.7 cm³/mol. The lowest BCUT2D eigenvalue weighted by Gasteiger charge is -2.37. The maximum atomic E-state index is 12.5. The number of carbonyl (C=O) groups excluding carboxylic acids is 2. The molecule has 2 saturated heterocycles. The number of carbonyl (C=O) groups is 2. The summed E-state index contributed by atoms with van der Waals surface area (Å²) in [4.78, 5) is 28.8. The van der Waals surface area contributed by atoms with Gasteiger partial charge < -0.3 is 15.1 Å². The minimum absolute atomic E-state index is 0.0204. The topological polar surface area (TPSA) is 52.7 Å². The smallest absolute Gasteiger partial charge is 0.239 e. The van der Waals surface area contributed by atoms with E-state index in [2.05, 4.69) is 5.32 Å². The lowest BCUT2D eigenvalue weighted by atomic mass is 10.0. The third kappa shape index (κ3) is 3.96. The summed E-state index contributed by atoms with van der Waals surface area (Å²) in [7, 11) is 0. The number of hydrogen-bond donors (Lipinski definition) is 1. The molecule has 1 aromatic carbocycles. The molecule has 0 aliphatic carbocycles. The number of piperidine rings is 1. The van der Waals surface area contributed by atoms with Crippen LogP contribution in [0.15, 0.2) is 24.3 Å². The van der Waals surface area contributed by atoms with E-state index in [-0.39, 0.29) is 17.9 Å². The molecule has 2 aliphatic heterocycles. The SMILES string of the molecule is Cc1ccccc1CC(=O)N1CCN(C(=O)C2CCCCN2)CC1. The monoisotopic (exact) mass is 329 g/mol. The van der Waals surface area contributed by atoms with Crippen molar-refractivity contribution in [2.75, 3.05) is 32.7 Å². The standard InChI is InChI=1S/C19H27N3O2/c1-15-6-2-3-7-16(15)14-18(23)21-10-12-22(13-11-21)19(24)17-8-4-5-9-20-17/h2-3,6-7,17,20H,4-5,8-14H2,1H3. The molecule has 24 heavy (non-hydrogen) atoms. The molecular formula is C19H27N3O2. The van der Waals surface area contributed by atoms with Gasteiger partial charge in [-0.1, -0.05) is 30.7 Å². The van der Waals surface area contributed by atoms with Gasteiger partial charge in [0.2, 0.25) is 11.8 Å². The number of piperazine rings is 1. The van der Waals surface area contributed by atoms with Gasteiger partial charge in [-0.05, 0) is 37.4 Å². The fraction of sp³-hybridized carbons (Fsp3) is 0.579. The van der Waals surface area contributed by atoms with Crippen LogP contribution < -0.4 is 5.32 Å². The lowest BCUT2D eigenvalue weighted by molar-refractivity contribution is -0.140. The van der Waals surface area contributed by atoms with Crippen molar-refractivity contribution in [2.45, 2.75) is 38.6 Å². The van der Waals surface area contributed by atoms with Gasteiger partial charge in [-0.3, -0.25) is 9.59 Å². The number of nitrogens with zero attached hydrogens (tertiary/aromatic N) is 2. The normalized spacial score (nSPS) is 21.6. The van der Waals surface area contributed by atoms with Crippen molar-refractivity contribution in [1.29, 1.82) is 0 Å². The molecule has 1 atom stereocenters. The van der Waals surface area contributed by atoms with E-state index in [1.165, 1.54) is 0 Å². The molecule has 5 heteroatoms. The Hall–Kier alpha value is -1.88. The molecule has 2 fully saturated rings. The Morgan fingerprint density at radius 2 is 1.79 bits per heavy atom. The van der Waals surface area contributed by atoms with Crippen molar-refractivity contribution in [3.63, 3.8) is 0 Å². The molecule has 130 valence electrons. The van der Waals surface area contributed by atoms with Crippen LogP contribution in [0.1, 0.15) is 30.4 Å². The second-order valence-electron chi connectivity index (χ2n) is 6.81. The van der Waals surface area contributed by atoms with E-state index >= 15 is 0 Å². The zero-order chi connectivity index (χ0) is 16.9. The summed E-state index contributed by atoms with van der Waals surface area (Å²) in [6.45, 7) is 5.56. The van der Waals surface area contributed by atoms with Crippen LogP contribution in [0.25, 0.3) is 0 Å². The third-order valence-electron chi connectivity index (χ3n) is 5.16. The maximum absolute atomic E-state index is 12.5. The summed E-state index contributed by atoms with van der Waals surface area (Å²) in [5, 5.41) is 3.32. The molecule has 5 nitrogen and oxygen atoms in total. The van der Waals surface area contributed by atoms with Gasteiger partial charge in [0.25, 0.3) is 0 Å². The number of rotatable bonds is 3. The van der Waals surface area contributed by atoms with E-state index < -0.39 is 0 Å². The van der Waals surface area contributed by atoms with E-state index in [0.29, 0.717) is 32.6 Å². The quantitative estimate of drug-likeness (QED) is 0.911. The second kappa shape index (κ2) is 7.79. The Labute approximate surface area is 144 Å². The van der Waals surface area contributed by atoms with Crippen molar-refractivity contribution in [3.05, 3.63) is 35.4 Å². The summed E-state index contributed by atoms with van der Waals surface area (Å²) in [5.41, 5.74) is 2.25. The highest BCUT2D eigenvalue weighted by molar-refractivity contribution is 5.83. The highest BCUT2D eigenvalue weighted by Gasteiger charge is 2.29. The van der Waals surface area contributed by atoms with Crippen LogP contribution in [0.3, 0.4) is 0 Å². The van der Waals surface area contributed by atoms with Crippen LogP contribution in [0, 0.1) is 6.92 Å². The van der Waals surface area contributed by atoms with Gasteiger partial charge in [-0.25, -0.2) is 0 Å². The van der Waals surface area contributed by atoms with E-state index in [4.69, 9.17) is 0 Å². The Morgan fingerprint density at radius 1 is 1.08 bits per heavy atom. The summed E-state index contributed by atoms with van der Waals surface area (Å²) in [5.74, 6) is 0.368. The molecule has 2 amide bonds. The van der Waals surface area contributed by atoms with Crippen molar-refractivity contribution in [2.24, 2.45) is 0 Å². The molecule has 0 bridgehead atoms. The minimum Gasteiger partial charge on any atom is -0.339 e. The van der Waals surface area contributed by atoms with Crippen molar-refractivity contribution in [3.8, 4) is 0 Å². The van der Waals surface area contributed by atoms with Crippen LogP contribution in [0.2, 0.25) is 0 Å². The molecular weight excluding hydrogens is 302 g/mol. The van der Waals surface area contributed by atoms with E-state index in [1.807, 2.05) is 41.0 Å². The van der Waals surface area contributed by atoms with Crippen LogP contribution in [-0.4, -0.2) is 60.4 Å². The zero-order valence-corrected chi connectivity index (χ0v) is 14.5. The maximum Gasteiger partial charge on any atom is 0.239 e. The molecule has 3 rings (SSSR count). The number of nitrogens with one attached hydrogen (secondary N) is 1. The molecule has 2 aliphatic rings. The van der Waals surface area contributed by atoms with Gasteiger partial charge in [-0.15, -0.1) is 0 Å². The number of benzene rings is 1. The highest BCUT2D eigenvalue weighted by atomic mass is 16.2. The van der Waals surface area contributed by atoms with Crippen molar-refractivity contribution in [1.82, 2.24) is 15.1 Å². The van der Waals surface area contributed by atoms with Gasteiger partial charge in [-0.2, -0.15) is 0 Å². The number of hydrogen-bond acceptors (Lipinski definition) is 3. The van der Waals surface area contributed by atoms with Crippen LogP contribution >= 0.6 is 0 Å². The third-order valence-corrected chi connectivity index (χ3v) is 5.16. The molecule has 0 radical (unpaired) electrons. The van der Waals surface area contributed by atoms with Gasteiger partial charge in [0.05, 0.1) is 12.5 Å². The molecule has 1 aromatic rings. The zero-order valence-electron chi connectivity index (χ0n) is 14.5. The van der Waals surface area contributed by atoms with Gasteiger partial charge in [0.1, 0.15) is 0 Å². The lowest BCUT2D eigenvalue weighted by Crippen LogP contribution is -2.56. The van der Waals surface area contributed by atoms with Crippen molar-refractivity contribution >= 4 is 11.8 Å². The average Bonchev–Trinajstić information content (AvgIpc) is 2.64. The van der Waals surface area contributed by atoms with Gasteiger partial charge in [0.15, 0.2) is 0 Å². The first kappa shape index (κ1) is 17.0.